The third kappa shape index (κ3) is 3.74. The molecule has 1 N–H and O–H groups in total. The summed E-state index contributed by atoms with van der Waals surface area (Å²) in [6.45, 7) is 4.10. The Labute approximate surface area is 107 Å². The zero-order chi connectivity index (χ0) is 12.1. The lowest BCUT2D eigenvalue weighted by Gasteiger charge is -2.30. The Morgan fingerprint density at radius 1 is 1.53 bits per heavy atom. The van der Waals surface area contributed by atoms with Gasteiger partial charge in [0.1, 0.15) is 5.01 Å². The van der Waals surface area contributed by atoms with Crippen LogP contribution in [-0.2, 0) is 17.8 Å². The molecule has 4 nitrogen and oxygen atoms in total. The number of methoxy groups -OCH3 is 1. The Kier molecular flexibility index (Phi) is 4.91. The summed E-state index contributed by atoms with van der Waals surface area (Å²) in [5, 5.41) is 6.48. The van der Waals surface area contributed by atoms with Crippen molar-refractivity contribution in [1.29, 1.82) is 0 Å². The molecule has 1 saturated heterocycles. The zero-order valence-corrected chi connectivity index (χ0v) is 11.4. The van der Waals surface area contributed by atoms with Gasteiger partial charge >= 0.3 is 0 Å². The van der Waals surface area contributed by atoms with Crippen molar-refractivity contribution < 1.29 is 4.74 Å². The lowest BCUT2D eigenvalue weighted by Crippen LogP contribution is -2.36. The van der Waals surface area contributed by atoms with E-state index in [0.29, 0.717) is 6.10 Å². The van der Waals surface area contributed by atoms with Gasteiger partial charge in [0.25, 0.3) is 0 Å². The number of aromatic nitrogens is 1. The highest BCUT2D eigenvalue weighted by Gasteiger charge is 2.19. The molecule has 0 aliphatic carbocycles. The molecule has 0 unspecified atom stereocenters. The minimum atomic E-state index is 0.460. The van der Waals surface area contributed by atoms with Crippen LogP contribution in [0, 0.1) is 0 Å². The van der Waals surface area contributed by atoms with E-state index < -0.39 is 0 Å². The average Bonchev–Trinajstić information content (AvgIpc) is 2.78. The smallest absolute Gasteiger partial charge is 0.107 e. The van der Waals surface area contributed by atoms with Gasteiger partial charge in [0.2, 0.25) is 0 Å². The lowest BCUT2D eigenvalue weighted by atomic mass is 10.1. The van der Waals surface area contributed by atoms with Crippen LogP contribution >= 0.6 is 11.3 Å². The summed E-state index contributed by atoms with van der Waals surface area (Å²) in [6, 6.07) is 0. The fourth-order valence-corrected chi connectivity index (χ4v) is 2.98. The molecular formula is C12H21N3OS. The number of nitrogens with one attached hydrogen (secondary N) is 1. The minimum absolute atomic E-state index is 0.460. The predicted molar refractivity (Wildman–Crippen MR) is 70.2 cm³/mol. The van der Waals surface area contributed by atoms with Gasteiger partial charge in [-0.05, 0) is 19.9 Å². The fourth-order valence-electron chi connectivity index (χ4n) is 2.19. The molecule has 96 valence electrons. The Bertz CT molecular complexity index is 334. The third-order valence-corrected chi connectivity index (χ3v) is 4.08. The van der Waals surface area contributed by atoms with Crippen molar-refractivity contribution in [3.8, 4) is 0 Å². The molecule has 5 heteroatoms. The normalized spacial score (nSPS) is 18.7. The highest BCUT2D eigenvalue weighted by Crippen LogP contribution is 2.17. The van der Waals surface area contributed by atoms with Crippen molar-refractivity contribution in [1.82, 2.24) is 15.2 Å². The van der Waals surface area contributed by atoms with E-state index in [1.165, 1.54) is 10.7 Å². The maximum Gasteiger partial charge on any atom is 0.107 e. The Morgan fingerprint density at radius 3 is 2.94 bits per heavy atom. The van der Waals surface area contributed by atoms with Gasteiger partial charge in [-0.3, -0.25) is 4.90 Å². The molecule has 0 atom stereocenters. The van der Waals surface area contributed by atoms with E-state index in [-0.39, 0.29) is 0 Å². The second kappa shape index (κ2) is 6.44. The van der Waals surface area contributed by atoms with Gasteiger partial charge in [0.15, 0.2) is 0 Å². The highest BCUT2D eigenvalue weighted by molar-refractivity contribution is 7.09. The standard InChI is InChI=1S/C12H21N3OS/c1-13-7-12-14-10(9-17-12)8-15-5-3-11(16-2)4-6-15/h9,11,13H,3-8H2,1-2H3. The number of ether oxygens (including phenoxy) is 1. The third-order valence-electron chi connectivity index (χ3n) is 3.18. The monoisotopic (exact) mass is 255 g/mol. The number of likely N-dealkylation sites (tertiary alicyclic amines) is 1. The molecule has 2 rings (SSSR count). The van der Waals surface area contributed by atoms with Crippen molar-refractivity contribution in [2.75, 3.05) is 27.2 Å². The molecule has 17 heavy (non-hydrogen) atoms. The van der Waals surface area contributed by atoms with E-state index in [4.69, 9.17) is 4.74 Å². The number of hydrogen-bond donors (Lipinski definition) is 1. The van der Waals surface area contributed by atoms with Crippen molar-refractivity contribution in [3.05, 3.63) is 16.1 Å². The molecule has 0 aromatic carbocycles. The Hall–Kier alpha value is -0.490. The topological polar surface area (TPSA) is 37.4 Å². The van der Waals surface area contributed by atoms with Gasteiger partial charge in [0, 0.05) is 38.7 Å². The summed E-state index contributed by atoms with van der Waals surface area (Å²) < 4.78 is 5.38. The quantitative estimate of drug-likeness (QED) is 0.864. The van der Waals surface area contributed by atoms with E-state index in [1.54, 1.807) is 11.3 Å². The summed E-state index contributed by atoms with van der Waals surface area (Å²) in [7, 11) is 3.77. The lowest BCUT2D eigenvalue weighted by molar-refractivity contribution is 0.0385. The van der Waals surface area contributed by atoms with Crippen LogP contribution in [0.3, 0.4) is 0 Å². The fraction of sp³-hybridized carbons (Fsp3) is 0.750. The maximum atomic E-state index is 5.38. The van der Waals surface area contributed by atoms with Gasteiger partial charge in [-0.25, -0.2) is 4.98 Å². The van der Waals surface area contributed by atoms with Crippen LogP contribution < -0.4 is 5.32 Å². The molecule has 1 aliphatic rings. The van der Waals surface area contributed by atoms with Crippen LogP contribution in [0.15, 0.2) is 5.38 Å². The molecule has 0 saturated carbocycles. The van der Waals surface area contributed by atoms with Crippen molar-refractivity contribution in [2.24, 2.45) is 0 Å². The first-order valence-electron chi connectivity index (χ1n) is 6.15. The summed E-state index contributed by atoms with van der Waals surface area (Å²) in [4.78, 5) is 7.08. The summed E-state index contributed by atoms with van der Waals surface area (Å²) >= 11 is 1.74. The largest absolute Gasteiger partial charge is 0.381 e. The molecular weight excluding hydrogens is 234 g/mol. The average molecular weight is 255 g/mol. The summed E-state index contributed by atoms with van der Waals surface area (Å²) in [5.41, 5.74) is 1.20. The van der Waals surface area contributed by atoms with E-state index in [0.717, 1.165) is 39.0 Å². The van der Waals surface area contributed by atoms with Crippen molar-refractivity contribution in [3.63, 3.8) is 0 Å². The molecule has 1 aromatic rings. The summed E-state index contributed by atoms with van der Waals surface area (Å²) in [5.74, 6) is 0. The molecule has 0 radical (unpaired) electrons. The van der Waals surface area contributed by atoms with E-state index in [9.17, 15) is 0 Å². The second-order valence-corrected chi connectivity index (χ2v) is 5.42. The van der Waals surface area contributed by atoms with Crippen molar-refractivity contribution in [2.45, 2.75) is 32.0 Å². The van der Waals surface area contributed by atoms with Crippen LogP contribution in [0.25, 0.3) is 0 Å². The molecule has 0 spiro atoms. The summed E-state index contributed by atoms with van der Waals surface area (Å²) in [6.07, 6.45) is 2.75. The van der Waals surface area contributed by atoms with E-state index >= 15 is 0 Å². The van der Waals surface area contributed by atoms with Gasteiger partial charge in [-0.2, -0.15) is 0 Å². The van der Waals surface area contributed by atoms with E-state index in [2.05, 4.69) is 20.6 Å². The first-order chi connectivity index (χ1) is 8.31. The van der Waals surface area contributed by atoms with Gasteiger partial charge in [-0.1, -0.05) is 0 Å². The number of nitrogens with zero attached hydrogens (tertiary/aromatic N) is 2. The molecule has 0 bridgehead atoms. The van der Waals surface area contributed by atoms with Crippen LogP contribution in [0.5, 0.6) is 0 Å². The number of rotatable bonds is 5. The van der Waals surface area contributed by atoms with Gasteiger partial charge in [0.05, 0.1) is 11.8 Å². The zero-order valence-electron chi connectivity index (χ0n) is 10.6. The molecule has 1 aromatic heterocycles. The molecule has 2 heterocycles. The Balaban J connectivity index is 1.80. The van der Waals surface area contributed by atoms with Crippen LogP contribution in [0.1, 0.15) is 23.5 Å². The van der Waals surface area contributed by atoms with Crippen LogP contribution in [0.4, 0.5) is 0 Å². The molecule has 1 fully saturated rings. The SMILES string of the molecule is CNCc1nc(CN2CCC(OC)CC2)cs1. The van der Waals surface area contributed by atoms with Gasteiger partial charge < -0.3 is 10.1 Å². The second-order valence-electron chi connectivity index (χ2n) is 4.47. The van der Waals surface area contributed by atoms with Crippen molar-refractivity contribution >= 4 is 11.3 Å². The van der Waals surface area contributed by atoms with E-state index in [1.807, 2.05) is 14.2 Å². The van der Waals surface area contributed by atoms with Gasteiger partial charge in [-0.15, -0.1) is 11.3 Å². The first-order valence-corrected chi connectivity index (χ1v) is 7.03. The van der Waals surface area contributed by atoms with Crippen LogP contribution in [-0.4, -0.2) is 43.2 Å². The Morgan fingerprint density at radius 2 is 2.29 bits per heavy atom. The van der Waals surface area contributed by atoms with Crippen LogP contribution in [0.2, 0.25) is 0 Å². The molecule has 1 aliphatic heterocycles. The first kappa shape index (κ1) is 13.0. The number of piperidine rings is 1. The molecule has 0 amide bonds. The minimum Gasteiger partial charge on any atom is -0.381 e. The highest BCUT2D eigenvalue weighted by atomic mass is 32.1. The number of thiazole rings is 1. The maximum absolute atomic E-state index is 5.38. The number of hydrogen-bond acceptors (Lipinski definition) is 5. The predicted octanol–water partition coefficient (Wildman–Crippen LogP) is 1.47.